The molecule has 2 atom stereocenters. The molecular weight excluding hydrogens is 281 g/mol. The van der Waals surface area contributed by atoms with E-state index in [2.05, 4.69) is 0 Å². The number of amides is 1. The molecule has 0 radical (unpaired) electrons. The summed E-state index contributed by atoms with van der Waals surface area (Å²) < 4.78 is 18.5. The summed E-state index contributed by atoms with van der Waals surface area (Å²) in [6, 6.07) is 6.00. The number of hydrogen-bond donors (Lipinski definition) is 0. The van der Waals surface area contributed by atoms with Crippen LogP contribution in [-0.2, 0) is 9.53 Å². The first-order chi connectivity index (χ1) is 9.67. The van der Waals surface area contributed by atoms with Crippen LogP contribution in [0.5, 0.6) is 0 Å². The number of nitrogens with zero attached hydrogens (tertiary/aromatic N) is 1. The maximum Gasteiger partial charge on any atom is 0.228 e. The Kier molecular flexibility index (Phi) is 5.38. The zero-order valence-corrected chi connectivity index (χ0v) is 12.3. The van der Waals surface area contributed by atoms with Crippen molar-refractivity contribution < 1.29 is 13.9 Å². The van der Waals surface area contributed by atoms with Crippen LogP contribution in [-0.4, -0.2) is 31.0 Å². The molecular formula is C15H19ClFNO2. The first-order valence-corrected chi connectivity index (χ1v) is 7.37. The topological polar surface area (TPSA) is 29.5 Å². The molecule has 5 heteroatoms. The van der Waals surface area contributed by atoms with Gasteiger partial charge in [-0.25, -0.2) is 4.39 Å². The van der Waals surface area contributed by atoms with Gasteiger partial charge in [-0.3, -0.25) is 4.79 Å². The van der Waals surface area contributed by atoms with Crippen molar-refractivity contribution in [3.05, 3.63) is 30.1 Å². The van der Waals surface area contributed by atoms with E-state index in [0.717, 1.165) is 19.3 Å². The van der Waals surface area contributed by atoms with Crippen molar-refractivity contribution in [2.45, 2.75) is 37.8 Å². The van der Waals surface area contributed by atoms with E-state index < -0.39 is 0 Å². The van der Waals surface area contributed by atoms with Crippen LogP contribution < -0.4 is 4.90 Å². The molecule has 2 rings (SSSR count). The Morgan fingerprint density at radius 1 is 1.40 bits per heavy atom. The second-order valence-electron chi connectivity index (χ2n) is 4.95. The van der Waals surface area contributed by atoms with Crippen molar-refractivity contribution in [2.75, 3.05) is 17.9 Å². The largest absolute Gasteiger partial charge is 0.379 e. The van der Waals surface area contributed by atoms with Gasteiger partial charge in [-0.1, -0.05) is 0 Å². The van der Waals surface area contributed by atoms with Crippen LogP contribution in [0.2, 0.25) is 0 Å². The number of carbonyl (C=O) groups is 1. The molecule has 3 nitrogen and oxygen atoms in total. The van der Waals surface area contributed by atoms with Crippen molar-refractivity contribution in [1.29, 1.82) is 0 Å². The lowest BCUT2D eigenvalue weighted by molar-refractivity contribution is -0.119. The first-order valence-electron chi connectivity index (χ1n) is 6.83. The second-order valence-corrected chi connectivity index (χ2v) is 5.33. The molecule has 1 saturated carbocycles. The minimum absolute atomic E-state index is 0.00109. The second kappa shape index (κ2) is 7.04. The molecule has 2 unspecified atom stereocenters. The van der Waals surface area contributed by atoms with Crippen LogP contribution in [0.1, 0.15) is 25.7 Å². The molecule has 0 bridgehead atoms. The molecule has 1 amide bonds. The SMILES string of the molecule is COC1CCCC1N(C(=O)CCCl)c1ccc(F)cc1. The van der Waals surface area contributed by atoms with Crippen LogP contribution in [0.15, 0.2) is 24.3 Å². The van der Waals surface area contributed by atoms with Crippen LogP contribution in [0, 0.1) is 5.82 Å². The Labute approximate surface area is 123 Å². The third-order valence-corrected chi connectivity index (χ3v) is 3.92. The predicted molar refractivity (Wildman–Crippen MR) is 77.7 cm³/mol. The average Bonchev–Trinajstić information content (AvgIpc) is 2.90. The predicted octanol–water partition coefficient (Wildman–Crippen LogP) is 3.36. The summed E-state index contributed by atoms with van der Waals surface area (Å²) in [5.74, 6) is -0.0743. The third-order valence-electron chi connectivity index (χ3n) is 3.73. The van der Waals surface area contributed by atoms with E-state index in [4.69, 9.17) is 16.3 Å². The van der Waals surface area contributed by atoms with Gasteiger partial charge < -0.3 is 9.64 Å². The monoisotopic (exact) mass is 299 g/mol. The number of carbonyl (C=O) groups excluding carboxylic acids is 1. The minimum Gasteiger partial charge on any atom is -0.379 e. The van der Waals surface area contributed by atoms with Crippen LogP contribution >= 0.6 is 11.6 Å². The fourth-order valence-corrected chi connectivity index (χ4v) is 2.96. The van der Waals surface area contributed by atoms with Gasteiger partial charge in [0, 0.05) is 25.1 Å². The highest BCUT2D eigenvalue weighted by atomic mass is 35.5. The van der Waals surface area contributed by atoms with Gasteiger partial charge in [-0.15, -0.1) is 11.6 Å². The van der Waals surface area contributed by atoms with Crippen LogP contribution in [0.3, 0.4) is 0 Å². The zero-order valence-electron chi connectivity index (χ0n) is 11.5. The summed E-state index contributed by atoms with van der Waals surface area (Å²) in [5.41, 5.74) is 0.704. The van der Waals surface area contributed by atoms with Gasteiger partial charge in [0.05, 0.1) is 12.1 Å². The van der Waals surface area contributed by atoms with E-state index in [-0.39, 0.29) is 36.2 Å². The van der Waals surface area contributed by atoms with Gasteiger partial charge in [0.1, 0.15) is 5.82 Å². The number of methoxy groups -OCH3 is 1. The highest BCUT2D eigenvalue weighted by Gasteiger charge is 2.35. The Bertz CT molecular complexity index is 452. The average molecular weight is 300 g/mol. The number of halogens is 2. The van der Waals surface area contributed by atoms with E-state index in [9.17, 15) is 9.18 Å². The Balaban J connectivity index is 2.29. The maximum absolute atomic E-state index is 13.1. The van der Waals surface area contributed by atoms with Crippen LogP contribution in [0.4, 0.5) is 10.1 Å². The number of benzene rings is 1. The number of rotatable bonds is 5. The molecule has 0 N–H and O–H groups in total. The lowest BCUT2D eigenvalue weighted by atomic mass is 10.1. The normalized spacial score (nSPS) is 21.9. The van der Waals surface area contributed by atoms with Gasteiger partial charge in [-0.05, 0) is 43.5 Å². The summed E-state index contributed by atoms with van der Waals surface area (Å²) in [6.07, 6.45) is 3.15. The van der Waals surface area contributed by atoms with Gasteiger partial charge in [0.2, 0.25) is 5.91 Å². The molecule has 20 heavy (non-hydrogen) atoms. The van der Waals surface area contributed by atoms with E-state index in [1.54, 1.807) is 24.1 Å². The zero-order chi connectivity index (χ0) is 14.5. The molecule has 0 aromatic heterocycles. The third kappa shape index (κ3) is 3.30. The summed E-state index contributed by atoms with van der Waals surface area (Å²) in [6.45, 7) is 0. The van der Waals surface area contributed by atoms with E-state index in [1.807, 2.05) is 0 Å². The fraction of sp³-hybridized carbons (Fsp3) is 0.533. The lowest BCUT2D eigenvalue weighted by Crippen LogP contribution is -2.45. The molecule has 1 aromatic carbocycles. The Morgan fingerprint density at radius 3 is 2.70 bits per heavy atom. The Hall–Kier alpha value is -1.13. The van der Waals surface area contributed by atoms with Crippen molar-refractivity contribution >= 4 is 23.2 Å². The van der Waals surface area contributed by atoms with Crippen molar-refractivity contribution in [3.8, 4) is 0 Å². The Morgan fingerprint density at radius 2 is 2.10 bits per heavy atom. The number of ether oxygens (including phenoxy) is 1. The molecule has 0 aliphatic heterocycles. The maximum atomic E-state index is 13.1. The van der Waals surface area contributed by atoms with Gasteiger partial charge >= 0.3 is 0 Å². The van der Waals surface area contributed by atoms with Crippen molar-refractivity contribution in [1.82, 2.24) is 0 Å². The number of hydrogen-bond acceptors (Lipinski definition) is 2. The lowest BCUT2D eigenvalue weighted by Gasteiger charge is -2.32. The van der Waals surface area contributed by atoms with E-state index >= 15 is 0 Å². The molecule has 110 valence electrons. The summed E-state index contributed by atoms with van der Waals surface area (Å²) in [7, 11) is 1.66. The quantitative estimate of drug-likeness (QED) is 0.780. The molecule has 1 aliphatic carbocycles. The van der Waals surface area contributed by atoms with Gasteiger partial charge in [0.25, 0.3) is 0 Å². The highest BCUT2D eigenvalue weighted by molar-refractivity contribution is 6.19. The highest BCUT2D eigenvalue weighted by Crippen LogP contribution is 2.31. The van der Waals surface area contributed by atoms with Crippen LogP contribution in [0.25, 0.3) is 0 Å². The number of anilines is 1. The molecule has 0 heterocycles. The summed E-state index contributed by atoms with van der Waals surface area (Å²) >= 11 is 5.69. The van der Waals surface area contributed by atoms with Crippen molar-refractivity contribution in [3.63, 3.8) is 0 Å². The standard InChI is InChI=1S/C15H19ClFNO2/c1-20-14-4-2-3-13(14)18(15(19)9-10-16)12-7-5-11(17)6-8-12/h5-8,13-14H,2-4,9-10H2,1H3. The van der Waals surface area contributed by atoms with Gasteiger partial charge in [-0.2, -0.15) is 0 Å². The molecule has 1 fully saturated rings. The van der Waals surface area contributed by atoms with Gasteiger partial charge in [0.15, 0.2) is 0 Å². The van der Waals surface area contributed by atoms with E-state index in [0.29, 0.717) is 5.69 Å². The smallest absolute Gasteiger partial charge is 0.228 e. The molecule has 1 aliphatic rings. The first kappa shape index (κ1) is 15.3. The summed E-state index contributed by atoms with van der Waals surface area (Å²) in [5, 5.41) is 0. The minimum atomic E-state index is -0.312. The fourth-order valence-electron chi connectivity index (χ4n) is 2.80. The molecule has 0 spiro atoms. The number of alkyl halides is 1. The van der Waals surface area contributed by atoms with Crippen molar-refractivity contribution in [2.24, 2.45) is 0 Å². The summed E-state index contributed by atoms with van der Waals surface area (Å²) in [4.78, 5) is 14.1. The van der Waals surface area contributed by atoms with E-state index in [1.165, 1.54) is 12.1 Å². The molecule has 0 saturated heterocycles. The molecule has 1 aromatic rings.